The molecular weight excluding hydrogens is 156 g/mol. The van der Waals surface area contributed by atoms with Gasteiger partial charge in [0.05, 0.1) is 0 Å². The second kappa shape index (κ2) is 4.14. The van der Waals surface area contributed by atoms with Crippen molar-refractivity contribution in [1.29, 1.82) is 0 Å². The lowest BCUT2D eigenvalue weighted by Crippen LogP contribution is -2.07. The number of rotatable bonds is 4. The molecule has 12 heavy (non-hydrogen) atoms. The molecule has 0 N–H and O–H groups in total. The van der Waals surface area contributed by atoms with Crippen molar-refractivity contribution in [3.05, 3.63) is 12.3 Å². The van der Waals surface area contributed by atoms with Gasteiger partial charge in [0.15, 0.2) is 6.10 Å². The van der Waals surface area contributed by atoms with Crippen LogP contribution in [0.3, 0.4) is 0 Å². The topological polar surface area (TPSA) is 35.5 Å². The molecule has 0 aliphatic carbocycles. The zero-order valence-corrected chi connectivity index (χ0v) is 7.34. The van der Waals surface area contributed by atoms with Crippen molar-refractivity contribution in [2.45, 2.75) is 38.7 Å². The molecule has 3 heteroatoms. The summed E-state index contributed by atoms with van der Waals surface area (Å²) in [5.74, 6) is 0.455. The summed E-state index contributed by atoms with van der Waals surface area (Å²) in [6.45, 7) is 5.73. The fourth-order valence-corrected chi connectivity index (χ4v) is 1.18. The van der Waals surface area contributed by atoms with Crippen LogP contribution in [0.25, 0.3) is 0 Å². The lowest BCUT2D eigenvalue weighted by Gasteiger charge is -2.05. The zero-order valence-electron chi connectivity index (χ0n) is 7.34. The van der Waals surface area contributed by atoms with Gasteiger partial charge in [0.1, 0.15) is 5.76 Å². The zero-order chi connectivity index (χ0) is 8.97. The summed E-state index contributed by atoms with van der Waals surface area (Å²) in [6, 6.07) is 0. The Morgan fingerprint density at radius 2 is 2.25 bits per heavy atom. The van der Waals surface area contributed by atoms with Crippen LogP contribution in [0.2, 0.25) is 0 Å². The standard InChI is InChI=1S/C9H14O3/c1-3-4-5-6-8-7(2)11-9(10)12-8/h8H,2-6H2,1H3. The van der Waals surface area contributed by atoms with Crippen molar-refractivity contribution in [2.24, 2.45) is 0 Å². The Balaban J connectivity index is 2.24. The van der Waals surface area contributed by atoms with E-state index in [0.717, 1.165) is 25.7 Å². The maximum Gasteiger partial charge on any atom is 0.514 e. The Bertz CT molecular complexity index is 186. The molecule has 1 aliphatic heterocycles. The van der Waals surface area contributed by atoms with Crippen LogP contribution in [0.1, 0.15) is 32.6 Å². The molecule has 1 heterocycles. The molecule has 0 aromatic rings. The van der Waals surface area contributed by atoms with Crippen molar-refractivity contribution in [3.63, 3.8) is 0 Å². The van der Waals surface area contributed by atoms with Crippen LogP contribution in [-0.4, -0.2) is 12.3 Å². The lowest BCUT2D eigenvalue weighted by molar-refractivity contribution is 0.115. The summed E-state index contributed by atoms with van der Waals surface area (Å²) in [5, 5.41) is 0. The van der Waals surface area contributed by atoms with Crippen LogP contribution in [0, 0.1) is 0 Å². The maximum atomic E-state index is 10.6. The van der Waals surface area contributed by atoms with E-state index in [-0.39, 0.29) is 6.10 Å². The molecule has 1 unspecified atom stereocenters. The predicted molar refractivity (Wildman–Crippen MR) is 44.6 cm³/mol. The van der Waals surface area contributed by atoms with E-state index in [1.807, 2.05) is 0 Å². The van der Waals surface area contributed by atoms with E-state index in [1.165, 1.54) is 0 Å². The van der Waals surface area contributed by atoms with Crippen LogP contribution < -0.4 is 0 Å². The summed E-state index contributed by atoms with van der Waals surface area (Å²) < 4.78 is 9.51. The molecule has 1 rings (SSSR count). The van der Waals surface area contributed by atoms with Crippen molar-refractivity contribution < 1.29 is 14.3 Å². The highest BCUT2D eigenvalue weighted by molar-refractivity contribution is 5.64. The van der Waals surface area contributed by atoms with E-state index in [1.54, 1.807) is 0 Å². The van der Waals surface area contributed by atoms with Crippen LogP contribution in [0.15, 0.2) is 12.3 Å². The largest absolute Gasteiger partial charge is 0.514 e. The second-order valence-electron chi connectivity index (χ2n) is 2.92. The number of unbranched alkanes of at least 4 members (excludes halogenated alkanes) is 2. The van der Waals surface area contributed by atoms with E-state index in [0.29, 0.717) is 5.76 Å². The van der Waals surface area contributed by atoms with Gasteiger partial charge in [-0.1, -0.05) is 26.3 Å². The Morgan fingerprint density at radius 1 is 1.50 bits per heavy atom. The van der Waals surface area contributed by atoms with Crippen LogP contribution >= 0.6 is 0 Å². The van der Waals surface area contributed by atoms with Gasteiger partial charge in [-0.2, -0.15) is 0 Å². The van der Waals surface area contributed by atoms with Gasteiger partial charge in [0.2, 0.25) is 0 Å². The highest BCUT2D eigenvalue weighted by Gasteiger charge is 2.28. The van der Waals surface area contributed by atoms with Crippen LogP contribution in [-0.2, 0) is 9.47 Å². The van der Waals surface area contributed by atoms with Gasteiger partial charge in [0.25, 0.3) is 0 Å². The lowest BCUT2D eigenvalue weighted by atomic mass is 10.1. The Kier molecular flexibility index (Phi) is 3.14. The smallest absolute Gasteiger partial charge is 0.422 e. The molecule has 0 bridgehead atoms. The molecule has 0 radical (unpaired) electrons. The van der Waals surface area contributed by atoms with Crippen molar-refractivity contribution in [2.75, 3.05) is 0 Å². The van der Waals surface area contributed by atoms with Gasteiger partial charge in [-0.15, -0.1) is 0 Å². The molecule has 1 atom stereocenters. The first-order valence-electron chi connectivity index (χ1n) is 4.31. The molecule has 1 saturated heterocycles. The number of carbonyl (C=O) groups is 1. The minimum atomic E-state index is -0.610. The molecule has 0 saturated carbocycles. The first kappa shape index (κ1) is 9.10. The highest BCUT2D eigenvalue weighted by Crippen LogP contribution is 2.21. The molecular formula is C9H14O3. The van der Waals surface area contributed by atoms with Gasteiger partial charge in [0, 0.05) is 0 Å². The molecule has 3 nitrogen and oxygen atoms in total. The predicted octanol–water partition coefficient (Wildman–Crippen LogP) is 2.62. The van der Waals surface area contributed by atoms with E-state index in [2.05, 4.69) is 18.2 Å². The minimum absolute atomic E-state index is 0.205. The second-order valence-corrected chi connectivity index (χ2v) is 2.92. The summed E-state index contributed by atoms with van der Waals surface area (Å²) in [5.41, 5.74) is 0. The molecule has 0 spiro atoms. The summed E-state index contributed by atoms with van der Waals surface area (Å²) in [4.78, 5) is 10.6. The number of hydrogen-bond donors (Lipinski definition) is 0. The molecule has 0 aromatic heterocycles. The van der Waals surface area contributed by atoms with Gasteiger partial charge in [-0.3, -0.25) is 0 Å². The molecule has 1 aliphatic rings. The third-order valence-electron chi connectivity index (χ3n) is 1.88. The number of hydrogen-bond acceptors (Lipinski definition) is 3. The molecule has 68 valence electrons. The van der Waals surface area contributed by atoms with Gasteiger partial charge in [-0.05, 0) is 12.8 Å². The van der Waals surface area contributed by atoms with E-state index >= 15 is 0 Å². The Hall–Kier alpha value is -0.990. The summed E-state index contributed by atoms with van der Waals surface area (Å²) in [6.07, 6.45) is 3.38. The fraction of sp³-hybridized carbons (Fsp3) is 0.667. The number of ether oxygens (including phenoxy) is 2. The minimum Gasteiger partial charge on any atom is -0.422 e. The monoisotopic (exact) mass is 170 g/mol. The average Bonchev–Trinajstić information content (AvgIpc) is 2.31. The third kappa shape index (κ3) is 2.26. The summed E-state index contributed by atoms with van der Waals surface area (Å²) >= 11 is 0. The van der Waals surface area contributed by atoms with E-state index in [9.17, 15) is 4.79 Å². The Morgan fingerprint density at radius 3 is 2.75 bits per heavy atom. The quantitative estimate of drug-likeness (QED) is 0.480. The molecule has 0 amide bonds. The molecule has 1 fully saturated rings. The normalized spacial score (nSPS) is 22.2. The SMILES string of the molecule is C=C1OC(=O)OC1CCCCC. The van der Waals surface area contributed by atoms with Crippen LogP contribution in [0.5, 0.6) is 0 Å². The van der Waals surface area contributed by atoms with E-state index in [4.69, 9.17) is 4.74 Å². The highest BCUT2D eigenvalue weighted by atomic mass is 16.8. The molecule has 0 aromatic carbocycles. The fourth-order valence-electron chi connectivity index (χ4n) is 1.18. The first-order chi connectivity index (χ1) is 5.74. The Labute approximate surface area is 72.4 Å². The van der Waals surface area contributed by atoms with Crippen molar-refractivity contribution in [1.82, 2.24) is 0 Å². The van der Waals surface area contributed by atoms with Crippen molar-refractivity contribution in [3.8, 4) is 0 Å². The number of cyclic esters (lactones) is 2. The number of carbonyl (C=O) groups excluding carboxylic acids is 1. The third-order valence-corrected chi connectivity index (χ3v) is 1.88. The maximum absolute atomic E-state index is 10.6. The van der Waals surface area contributed by atoms with Gasteiger partial charge in [-0.25, -0.2) is 4.79 Å². The summed E-state index contributed by atoms with van der Waals surface area (Å²) in [7, 11) is 0. The van der Waals surface area contributed by atoms with Gasteiger partial charge >= 0.3 is 6.16 Å². The van der Waals surface area contributed by atoms with Crippen molar-refractivity contribution >= 4 is 6.16 Å². The van der Waals surface area contributed by atoms with E-state index < -0.39 is 6.16 Å². The van der Waals surface area contributed by atoms with Crippen LogP contribution in [0.4, 0.5) is 4.79 Å². The van der Waals surface area contributed by atoms with Gasteiger partial charge < -0.3 is 9.47 Å². The first-order valence-corrected chi connectivity index (χ1v) is 4.31. The average molecular weight is 170 g/mol.